The molecule has 0 N–H and O–H groups in total. The van der Waals surface area contributed by atoms with Gasteiger partial charge in [-0.25, -0.2) is 26.3 Å². The fourth-order valence-electron chi connectivity index (χ4n) is 3.31. The second kappa shape index (κ2) is 9.21. The fourth-order valence-corrected chi connectivity index (χ4v) is 3.31. The summed E-state index contributed by atoms with van der Waals surface area (Å²) in [5, 5.41) is 20.8. The molecule has 34 heavy (non-hydrogen) atoms. The number of ether oxygens (including phenoxy) is 1. The summed E-state index contributed by atoms with van der Waals surface area (Å²) in [6.07, 6.45) is -4.29. The first-order valence-corrected chi connectivity index (χ1v) is 9.55. The average molecular weight is 486 g/mol. The van der Waals surface area contributed by atoms with Crippen molar-refractivity contribution in [2.24, 2.45) is 0 Å². The van der Waals surface area contributed by atoms with Gasteiger partial charge in [-0.3, -0.25) is 5.11 Å². The van der Waals surface area contributed by atoms with Crippen LogP contribution in [0.5, 0.6) is 11.5 Å². The zero-order valence-corrected chi connectivity index (χ0v) is 17.1. The highest BCUT2D eigenvalue weighted by Crippen LogP contribution is 2.44. The highest BCUT2D eigenvalue weighted by molar-refractivity contribution is 5.73. The Kier molecular flexibility index (Phi) is 6.72. The van der Waals surface area contributed by atoms with Crippen LogP contribution in [-0.2, 0) is 17.6 Å². The third-order valence-corrected chi connectivity index (χ3v) is 4.74. The quantitative estimate of drug-likeness (QED) is 0.344. The third-order valence-electron chi connectivity index (χ3n) is 4.74. The number of benzene rings is 3. The molecule has 0 saturated heterocycles. The molecule has 1 radical (unpaired) electrons. The van der Waals surface area contributed by atoms with E-state index in [-0.39, 0.29) is 30.2 Å². The van der Waals surface area contributed by atoms with Crippen molar-refractivity contribution in [1.29, 1.82) is 5.26 Å². The monoisotopic (exact) mass is 486 g/mol. The maximum absolute atomic E-state index is 15.0. The third kappa shape index (κ3) is 4.48. The Morgan fingerprint density at radius 1 is 0.853 bits per heavy atom. The second-order valence-corrected chi connectivity index (χ2v) is 7.10. The Balaban J connectivity index is 2.16. The van der Waals surface area contributed by atoms with Crippen LogP contribution >= 0.6 is 0 Å². The molecule has 0 heterocycles. The van der Waals surface area contributed by atoms with E-state index in [1.165, 1.54) is 0 Å². The molecule has 11 heteroatoms. The molecule has 0 bridgehead atoms. The summed E-state index contributed by atoms with van der Waals surface area (Å²) in [7, 11) is 0. The van der Waals surface area contributed by atoms with Gasteiger partial charge in [-0.15, -0.1) is 0 Å². The highest BCUT2D eigenvalue weighted by Gasteiger charge is 2.44. The first-order chi connectivity index (χ1) is 15.9. The van der Waals surface area contributed by atoms with E-state index in [1.54, 1.807) is 6.92 Å². The van der Waals surface area contributed by atoms with Crippen LogP contribution in [0.15, 0.2) is 30.3 Å². The average Bonchev–Trinajstić information content (AvgIpc) is 2.69. The van der Waals surface area contributed by atoms with Gasteiger partial charge in [0.25, 0.3) is 0 Å². The van der Waals surface area contributed by atoms with Gasteiger partial charge in [0.1, 0.15) is 52.0 Å². The van der Waals surface area contributed by atoms with Crippen LogP contribution in [0.4, 0.5) is 35.1 Å². The van der Waals surface area contributed by atoms with Crippen LogP contribution in [0.25, 0.3) is 11.1 Å². The van der Waals surface area contributed by atoms with Gasteiger partial charge in [0.15, 0.2) is 11.6 Å². The summed E-state index contributed by atoms with van der Waals surface area (Å²) in [6.45, 7) is 1.71. The number of halogens is 8. The van der Waals surface area contributed by atoms with E-state index in [1.807, 2.05) is 0 Å². The van der Waals surface area contributed by atoms with Gasteiger partial charge in [-0.2, -0.15) is 14.0 Å². The lowest BCUT2D eigenvalue weighted by Gasteiger charge is -2.21. The van der Waals surface area contributed by atoms with Crippen molar-refractivity contribution in [3.05, 3.63) is 81.9 Å². The van der Waals surface area contributed by atoms with Crippen LogP contribution in [0.1, 0.15) is 30.0 Å². The summed E-state index contributed by atoms with van der Waals surface area (Å²) >= 11 is 0. The number of alkyl halides is 2. The number of rotatable bonds is 6. The number of hydrogen-bond donors (Lipinski definition) is 0. The van der Waals surface area contributed by atoms with E-state index in [2.05, 4.69) is 4.74 Å². The van der Waals surface area contributed by atoms with Crippen LogP contribution in [-0.4, -0.2) is 0 Å². The molecular weight excluding hydrogens is 474 g/mol. The number of nitrogens with zero attached hydrogens (tertiary/aromatic N) is 1. The Morgan fingerprint density at radius 3 is 1.91 bits per heavy atom. The van der Waals surface area contributed by atoms with Crippen molar-refractivity contribution in [3.63, 3.8) is 0 Å². The van der Waals surface area contributed by atoms with Crippen molar-refractivity contribution in [2.45, 2.75) is 25.9 Å². The molecule has 0 atom stereocenters. The molecule has 3 rings (SSSR count). The SMILES string of the molecule is CCCc1cc(F)c(-c2c([O])cc(F)c(C(F)(F)Oc3cc(F)c(C#N)c(F)c3)c2F)c(F)c1. The molecule has 0 saturated carbocycles. The number of hydrogen-bond acceptors (Lipinski definition) is 2. The highest BCUT2D eigenvalue weighted by atomic mass is 19.3. The summed E-state index contributed by atoms with van der Waals surface area (Å²) in [5.41, 5.74) is -6.01. The minimum atomic E-state index is -5.00. The second-order valence-electron chi connectivity index (χ2n) is 7.10. The molecule has 0 fully saturated rings. The zero-order chi connectivity index (χ0) is 25.4. The van der Waals surface area contributed by atoms with Crippen LogP contribution in [0, 0.1) is 46.2 Å². The predicted molar refractivity (Wildman–Crippen MR) is 101 cm³/mol. The maximum Gasteiger partial charge on any atom is 0.432 e. The molecule has 177 valence electrons. The van der Waals surface area contributed by atoms with Crippen molar-refractivity contribution < 1.29 is 45.0 Å². The van der Waals surface area contributed by atoms with Crippen LogP contribution in [0.3, 0.4) is 0 Å². The molecule has 0 spiro atoms. The summed E-state index contributed by atoms with van der Waals surface area (Å²) < 4.78 is 119. The van der Waals surface area contributed by atoms with Gasteiger partial charge in [-0.1, -0.05) is 13.3 Å². The van der Waals surface area contributed by atoms with Crippen molar-refractivity contribution in [1.82, 2.24) is 0 Å². The first kappa shape index (κ1) is 24.8. The topological polar surface area (TPSA) is 52.9 Å². The van der Waals surface area contributed by atoms with Crippen LogP contribution < -0.4 is 4.74 Å². The molecule has 0 unspecified atom stereocenters. The van der Waals surface area contributed by atoms with Gasteiger partial charge in [0.2, 0.25) is 0 Å². The Bertz CT molecular complexity index is 1270. The molecule has 3 nitrogen and oxygen atoms in total. The Labute approximate surface area is 187 Å². The largest absolute Gasteiger partial charge is 0.432 e. The Morgan fingerprint density at radius 2 is 1.41 bits per heavy atom. The molecule has 3 aromatic carbocycles. The predicted octanol–water partition coefficient (Wildman–Crippen LogP) is 7.28. The molecule has 0 amide bonds. The number of aryl methyl sites for hydroxylation is 1. The summed E-state index contributed by atoms with van der Waals surface area (Å²) in [6, 6.07) is 2.91. The molecule has 3 aromatic rings. The molecular formula is C23H12F8NO2. The van der Waals surface area contributed by atoms with Crippen molar-refractivity contribution in [3.8, 4) is 28.7 Å². The van der Waals surface area contributed by atoms with E-state index >= 15 is 4.39 Å². The lowest BCUT2D eigenvalue weighted by atomic mass is 9.96. The lowest BCUT2D eigenvalue weighted by molar-refractivity contribution is -0.189. The van der Waals surface area contributed by atoms with E-state index < -0.39 is 74.8 Å². The standard InChI is InChI=1S/C23H12F8NO2/c1-2-3-10-4-15(26)19(16(27)5-10)20-18(33)8-17(28)21(22(20)29)23(30,31)34-11-6-13(24)12(9-32)14(25)7-11/h4-8H,2-3H2,1H3. The summed E-state index contributed by atoms with van der Waals surface area (Å²) in [5.74, 6) is -13.4. The Hall–Kier alpha value is -3.81. The first-order valence-electron chi connectivity index (χ1n) is 9.55. The van der Waals surface area contributed by atoms with Gasteiger partial charge in [0.05, 0.1) is 11.1 Å². The van der Waals surface area contributed by atoms with E-state index in [9.17, 15) is 35.8 Å². The van der Waals surface area contributed by atoms with E-state index in [4.69, 9.17) is 5.26 Å². The van der Waals surface area contributed by atoms with Gasteiger partial charge in [0, 0.05) is 18.2 Å². The molecule has 0 aliphatic rings. The van der Waals surface area contributed by atoms with Crippen molar-refractivity contribution in [2.75, 3.05) is 0 Å². The molecule has 0 aliphatic heterocycles. The minimum Gasteiger partial charge on any atom is -0.429 e. The fraction of sp³-hybridized carbons (Fsp3) is 0.174. The van der Waals surface area contributed by atoms with E-state index in [0.717, 1.165) is 18.2 Å². The van der Waals surface area contributed by atoms with Crippen molar-refractivity contribution >= 4 is 0 Å². The van der Waals surface area contributed by atoms with Gasteiger partial charge >= 0.3 is 6.11 Å². The minimum absolute atomic E-state index is 0.121. The normalized spacial score (nSPS) is 11.4. The zero-order valence-electron chi connectivity index (χ0n) is 17.1. The number of nitriles is 1. The van der Waals surface area contributed by atoms with E-state index in [0.29, 0.717) is 6.42 Å². The van der Waals surface area contributed by atoms with Gasteiger partial charge < -0.3 is 4.74 Å². The lowest BCUT2D eigenvalue weighted by Crippen LogP contribution is -2.26. The smallest absolute Gasteiger partial charge is 0.429 e. The molecule has 0 aromatic heterocycles. The maximum atomic E-state index is 15.0. The van der Waals surface area contributed by atoms with Crippen LogP contribution in [0.2, 0.25) is 0 Å². The summed E-state index contributed by atoms with van der Waals surface area (Å²) in [4.78, 5) is 0. The molecule has 0 aliphatic carbocycles. The van der Waals surface area contributed by atoms with Gasteiger partial charge in [-0.05, 0) is 24.1 Å².